The van der Waals surface area contributed by atoms with Gasteiger partial charge >= 0.3 is 0 Å². The Kier molecular flexibility index (Phi) is 6.22. The van der Waals surface area contributed by atoms with Crippen molar-refractivity contribution in [2.24, 2.45) is 0 Å². The van der Waals surface area contributed by atoms with Crippen LogP contribution in [0.4, 0.5) is 11.4 Å². The van der Waals surface area contributed by atoms with Gasteiger partial charge in [-0.15, -0.1) is 0 Å². The van der Waals surface area contributed by atoms with Crippen LogP contribution in [-0.4, -0.2) is 9.13 Å². The number of nitrogens with zero attached hydrogens (tertiary/aromatic N) is 4. The van der Waals surface area contributed by atoms with Gasteiger partial charge in [-0.25, -0.2) is 9.69 Å². The van der Waals surface area contributed by atoms with Crippen LogP contribution in [0.1, 0.15) is 0 Å². The van der Waals surface area contributed by atoms with Crippen molar-refractivity contribution in [1.82, 2.24) is 9.13 Å². The van der Waals surface area contributed by atoms with Gasteiger partial charge in [-0.05, 0) is 70.6 Å². The monoisotopic (exact) mass is 610 g/mol. The van der Waals surface area contributed by atoms with E-state index in [2.05, 4.69) is 152 Å². The van der Waals surface area contributed by atoms with Crippen LogP contribution in [0, 0.1) is 13.1 Å². The first-order valence-electron chi connectivity index (χ1n) is 15.8. The summed E-state index contributed by atoms with van der Waals surface area (Å²) in [6, 6.07) is 54.3. The fraction of sp³-hybridized carbons (Fsp3) is 0. The van der Waals surface area contributed by atoms with E-state index in [-0.39, 0.29) is 0 Å². The predicted molar refractivity (Wildman–Crippen MR) is 199 cm³/mol. The van der Waals surface area contributed by atoms with Crippen molar-refractivity contribution in [3.05, 3.63) is 181 Å². The maximum Gasteiger partial charge on any atom is 0.195 e. The molecule has 0 unspecified atom stereocenters. The van der Waals surface area contributed by atoms with Crippen LogP contribution in [0.5, 0.6) is 0 Å². The zero-order valence-corrected chi connectivity index (χ0v) is 25.8. The highest BCUT2D eigenvalue weighted by Crippen LogP contribution is 2.43. The van der Waals surface area contributed by atoms with Gasteiger partial charge in [0.1, 0.15) is 0 Å². The zero-order chi connectivity index (χ0) is 32.2. The van der Waals surface area contributed by atoms with Crippen LogP contribution in [-0.2, 0) is 0 Å². The van der Waals surface area contributed by atoms with Crippen LogP contribution in [0.2, 0.25) is 0 Å². The second kappa shape index (κ2) is 10.9. The molecule has 48 heavy (non-hydrogen) atoms. The van der Waals surface area contributed by atoms with Crippen LogP contribution in [0.25, 0.3) is 86.9 Å². The number of hydrogen-bond donors (Lipinski definition) is 0. The van der Waals surface area contributed by atoms with Crippen LogP contribution in [0.3, 0.4) is 0 Å². The highest BCUT2D eigenvalue weighted by atomic mass is 15.0. The number of aromatic nitrogens is 2. The van der Waals surface area contributed by atoms with Crippen molar-refractivity contribution < 1.29 is 0 Å². The van der Waals surface area contributed by atoms with Crippen molar-refractivity contribution in [2.75, 3.05) is 0 Å². The van der Waals surface area contributed by atoms with E-state index in [1.54, 1.807) is 0 Å². The molecule has 9 rings (SSSR count). The molecular formula is C44H26N4. The van der Waals surface area contributed by atoms with Crippen LogP contribution < -0.4 is 0 Å². The zero-order valence-electron chi connectivity index (χ0n) is 25.8. The van der Waals surface area contributed by atoms with E-state index in [0.717, 1.165) is 66.5 Å². The lowest BCUT2D eigenvalue weighted by atomic mass is 9.92. The van der Waals surface area contributed by atoms with Crippen LogP contribution in [0.15, 0.2) is 158 Å². The van der Waals surface area contributed by atoms with E-state index >= 15 is 0 Å². The fourth-order valence-corrected chi connectivity index (χ4v) is 7.32. The maximum atomic E-state index is 8.18. The van der Waals surface area contributed by atoms with Gasteiger partial charge in [0.15, 0.2) is 11.4 Å². The second-order valence-electron chi connectivity index (χ2n) is 11.9. The average Bonchev–Trinajstić information content (AvgIpc) is 3.67. The Hall–Kier alpha value is -6.88. The summed E-state index contributed by atoms with van der Waals surface area (Å²) in [6.45, 7) is 15.8. The normalized spacial score (nSPS) is 11.3. The molecule has 4 heteroatoms. The van der Waals surface area contributed by atoms with E-state index < -0.39 is 0 Å². The predicted octanol–water partition coefficient (Wildman–Crippen LogP) is 12.3. The van der Waals surface area contributed by atoms with Gasteiger partial charge < -0.3 is 9.13 Å². The molecule has 9 aromatic rings. The maximum absolute atomic E-state index is 8.18. The van der Waals surface area contributed by atoms with Gasteiger partial charge in [0.25, 0.3) is 0 Å². The summed E-state index contributed by atoms with van der Waals surface area (Å²) in [4.78, 5) is 7.72. The van der Waals surface area contributed by atoms with Crippen molar-refractivity contribution in [3.8, 4) is 33.6 Å². The summed E-state index contributed by atoms with van der Waals surface area (Å²) in [5.41, 5.74) is 11.6. The molecule has 0 saturated heterocycles. The molecule has 0 fully saturated rings. The number of hydrogen-bond acceptors (Lipinski definition) is 0. The van der Waals surface area contributed by atoms with E-state index in [1.165, 1.54) is 10.8 Å². The minimum Gasteiger partial charge on any atom is -0.309 e. The Bertz CT molecular complexity index is 2760. The molecule has 0 spiro atoms. The highest BCUT2D eigenvalue weighted by molar-refractivity contribution is 6.11. The van der Waals surface area contributed by atoms with Crippen molar-refractivity contribution >= 4 is 55.0 Å². The molecule has 0 atom stereocenters. The van der Waals surface area contributed by atoms with Gasteiger partial charge in [0.2, 0.25) is 0 Å². The van der Waals surface area contributed by atoms with Crippen molar-refractivity contribution in [3.63, 3.8) is 0 Å². The van der Waals surface area contributed by atoms with E-state index in [4.69, 9.17) is 13.1 Å². The van der Waals surface area contributed by atoms with Gasteiger partial charge in [-0.1, -0.05) is 109 Å². The summed E-state index contributed by atoms with van der Waals surface area (Å²) < 4.78 is 4.60. The Morgan fingerprint density at radius 1 is 0.375 bits per heavy atom. The van der Waals surface area contributed by atoms with Gasteiger partial charge in [-0.3, -0.25) is 0 Å². The highest BCUT2D eigenvalue weighted by Gasteiger charge is 2.20. The smallest absolute Gasteiger partial charge is 0.195 e. The van der Waals surface area contributed by atoms with Gasteiger partial charge in [-0.2, -0.15) is 0 Å². The third-order valence-electron chi connectivity index (χ3n) is 9.38. The molecule has 7 aromatic carbocycles. The van der Waals surface area contributed by atoms with Crippen LogP contribution >= 0.6 is 0 Å². The number of para-hydroxylation sites is 4. The third kappa shape index (κ3) is 4.07. The molecule has 222 valence electrons. The molecule has 4 nitrogen and oxygen atoms in total. The average molecular weight is 611 g/mol. The number of benzene rings is 7. The summed E-state index contributed by atoms with van der Waals surface area (Å²) >= 11 is 0. The van der Waals surface area contributed by atoms with Crippen molar-refractivity contribution in [2.45, 2.75) is 0 Å². The second-order valence-corrected chi connectivity index (χ2v) is 11.9. The molecule has 0 radical (unpaired) electrons. The molecule has 0 aliphatic heterocycles. The molecule has 0 amide bonds. The lowest BCUT2D eigenvalue weighted by Crippen LogP contribution is -1.98. The summed E-state index contributed by atoms with van der Waals surface area (Å²) in [5.74, 6) is 0. The summed E-state index contributed by atoms with van der Waals surface area (Å²) in [7, 11) is 0. The number of fused-ring (bicyclic) bond motifs is 6. The van der Waals surface area contributed by atoms with E-state index in [9.17, 15) is 0 Å². The molecule has 0 N–H and O–H groups in total. The van der Waals surface area contributed by atoms with Gasteiger partial charge in [0, 0.05) is 27.4 Å². The largest absolute Gasteiger partial charge is 0.309 e. The Morgan fingerprint density at radius 2 is 0.896 bits per heavy atom. The topological polar surface area (TPSA) is 18.6 Å². The lowest BCUT2D eigenvalue weighted by Gasteiger charge is -2.18. The first kappa shape index (κ1) is 27.4. The summed E-state index contributed by atoms with van der Waals surface area (Å²) in [5, 5.41) is 4.56. The lowest BCUT2D eigenvalue weighted by molar-refractivity contribution is 1.18. The Morgan fingerprint density at radius 3 is 1.54 bits per heavy atom. The molecule has 0 saturated carbocycles. The summed E-state index contributed by atoms with van der Waals surface area (Å²) in [6.07, 6.45) is 0. The molecular weight excluding hydrogens is 585 g/mol. The molecule has 0 bridgehead atoms. The first-order chi connectivity index (χ1) is 23.7. The van der Waals surface area contributed by atoms with E-state index in [1.807, 2.05) is 24.3 Å². The SMILES string of the molecule is [C-]#[N+]c1ccc2c(c1)c1ccccc1n2-c1ccccc1-c1ccccc1-c1cc(-n2c3ccccc3c3ccccc32)ccc1[N+]#[C-]. The molecule has 2 aromatic heterocycles. The molecule has 2 heterocycles. The van der Waals surface area contributed by atoms with Crippen molar-refractivity contribution in [1.29, 1.82) is 0 Å². The molecule has 0 aliphatic rings. The fourth-order valence-electron chi connectivity index (χ4n) is 7.32. The first-order valence-corrected chi connectivity index (χ1v) is 15.8. The number of rotatable bonds is 4. The third-order valence-corrected chi connectivity index (χ3v) is 9.38. The molecule has 0 aliphatic carbocycles. The Balaban J connectivity index is 1.29. The standard InChI is InChI=1S/C44H26N4/c1-45-29-23-26-44-38(27-29)36-18-8-12-22-43(36)48(44)42-21-11-5-15-33(42)31-13-3-4-14-32(31)37-28-30(24-25-39(37)46-2)47-40-19-9-6-16-34(40)35-17-7-10-20-41(35)47/h3-28H. The van der Waals surface area contributed by atoms with E-state index in [0.29, 0.717) is 11.4 Å². The van der Waals surface area contributed by atoms with Gasteiger partial charge in [0.05, 0.1) is 40.9 Å². The quantitative estimate of drug-likeness (QED) is 0.177. The Labute approximate surface area is 277 Å². The minimum absolute atomic E-state index is 0.605. The minimum atomic E-state index is 0.605.